The second kappa shape index (κ2) is 9.72. The van der Waals surface area contributed by atoms with E-state index in [1.807, 2.05) is 17.9 Å². The highest BCUT2D eigenvalue weighted by Gasteiger charge is 2.26. The molecule has 1 fully saturated rings. The van der Waals surface area contributed by atoms with Gasteiger partial charge >= 0.3 is 5.63 Å². The largest absolute Gasteiger partial charge is 0.497 e. The Balaban J connectivity index is 1.41. The van der Waals surface area contributed by atoms with Gasteiger partial charge in [-0.05, 0) is 43.2 Å². The zero-order valence-corrected chi connectivity index (χ0v) is 19.6. The molecular weight excluding hydrogens is 462 g/mol. The molecule has 0 unspecified atom stereocenters. The predicted octanol–water partition coefficient (Wildman–Crippen LogP) is 3.95. The van der Waals surface area contributed by atoms with Crippen molar-refractivity contribution in [2.24, 2.45) is 0 Å². The normalized spacial score (nSPS) is 13.9. The number of halogens is 1. The van der Waals surface area contributed by atoms with Gasteiger partial charge < -0.3 is 19.0 Å². The van der Waals surface area contributed by atoms with Crippen molar-refractivity contribution in [3.8, 4) is 5.75 Å². The van der Waals surface area contributed by atoms with Gasteiger partial charge in [0.15, 0.2) is 0 Å². The third-order valence-electron chi connectivity index (χ3n) is 6.19. The number of piperazine rings is 1. The maximum absolute atomic E-state index is 12.8. The minimum atomic E-state index is -0.453. The molecule has 0 radical (unpaired) electrons. The SMILES string of the molecule is COc1ccc2c(C)c(CCC(=O)N3CCN(c4ccc(Cl)cc4[N+](=O)[O-])CC3)c(=O)oc2c1. The molecule has 0 spiro atoms. The molecule has 0 aliphatic carbocycles. The van der Waals surface area contributed by atoms with Gasteiger partial charge in [0.25, 0.3) is 5.69 Å². The molecule has 4 rings (SSSR count). The summed E-state index contributed by atoms with van der Waals surface area (Å²) in [6.07, 6.45) is 0.451. The third-order valence-corrected chi connectivity index (χ3v) is 6.43. The lowest BCUT2D eigenvalue weighted by Crippen LogP contribution is -2.49. The van der Waals surface area contributed by atoms with Gasteiger partial charge in [-0.2, -0.15) is 0 Å². The zero-order valence-electron chi connectivity index (χ0n) is 18.9. The first-order valence-corrected chi connectivity index (χ1v) is 11.2. The summed E-state index contributed by atoms with van der Waals surface area (Å²) in [6, 6.07) is 9.90. The van der Waals surface area contributed by atoms with Crippen molar-refractivity contribution in [3.05, 3.63) is 73.1 Å². The maximum atomic E-state index is 12.8. The smallest absolute Gasteiger partial charge is 0.339 e. The molecule has 1 aliphatic heterocycles. The van der Waals surface area contributed by atoms with Crippen molar-refractivity contribution in [1.29, 1.82) is 0 Å². The van der Waals surface area contributed by atoms with Gasteiger partial charge in [-0.3, -0.25) is 14.9 Å². The number of hydrogen-bond acceptors (Lipinski definition) is 7. The monoisotopic (exact) mass is 485 g/mol. The van der Waals surface area contributed by atoms with E-state index in [0.29, 0.717) is 53.8 Å². The van der Waals surface area contributed by atoms with Crippen molar-refractivity contribution >= 4 is 39.9 Å². The lowest BCUT2D eigenvalue weighted by molar-refractivity contribution is -0.384. The molecule has 9 nitrogen and oxygen atoms in total. The fourth-order valence-electron chi connectivity index (χ4n) is 4.29. The Bertz CT molecular complexity index is 1310. The Hall–Kier alpha value is -3.59. The summed E-state index contributed by atoms with van der Waals surface area (Å²) in [5.41, 5.74) is 1.71. The van der Waals surface area contributed by atoms with E-state index in [1.165, 1.54) is 6.07 Å². The van der Waals surface area contributed by atoms with Crippen molar-refractivity contribution in [3.63, 3.8) is 0 Å². The number of nitro groups is 1. The molecule has 1 saturated heterocycles. The summed E-state index contributed by atoms with van der Waals surface area (Å²) in [5, 5.41) is 12.5. The summed E-state index contributed by atoms with van der Waals surface area (Å²) in [6.45, 7) is 3.65. The van der Waals surface area contributed by atoms with Crippen LogP contribution in [0.5, 0.6) is 5.75 Å². The Morgan fingerprint density at radius 3 is 2.59 bits per heavy atom. The van der Waals surface area contributed by atoms with E-state index in [2.05, 4.69) is 0 Å². The lowest BCUT2D eigenvalue weighted by atomic mass is 10.0. The number of hydrogen-bond donors (Lipinski definition) is 0. The number of carbonyl (C=O) groups excluding carboxylic acids is 1. The molecule has 3 aromatic rings. The van der Waals surface area contributed by atoms with E-state index in [0.717, 1.165) is 10.9 Å². The van der Waals surface area contributed by atoms with E-state index in [-0.39, 0.29) is 24.4 Å². The highest BCUT2D eigenvalue weighted by Crippen LogP contribution is 2.32. The van der Waals surface area contributed by atoms with E-state index in [1.54, 1.807) is 36.3 Å². The Morgan fingerprint density at radius 1 is 1.18 bits per heavy atom. The molecule has 10 heteroatoms. The molecule has 178 valence electrons. The Morgan fingerprint density at radius 2 is 1.91 bits per heavy atom. The number of methoxy groups -OCH3 is 1. The van der Waals surface area contributed by atoms with Crippen LogP contribution in [0.4, 0.5) is 11.4 Å². The lowest BCUT2D eigenvalue weighted by Gasteiger charge is -2.36. The number of aryl methyl sites for hydroxylation is 1. The number of nitro benzene ring substituents is 1. The molecule has 1 aliphatic rings. The molecule has 0 saturated carbocycles. The van der Waals surface area contributed by atoms with Crippen LogP contribution in [0.15, 0.2) is 45.6 Å². The third kappa shape index (κ3) is 4.70. The maximum Gasteiger partial charge on any atom is 0.339 e. The first kappa shape index (κ1) is 23.6. The molecule has 0 N–H and O–H groups in total. The summed E-state index contributed by atoms with van der Waals surface area (Å²) in [4.78, 5) is 39.9. The topological polar surface area (TPSA) is 106 Å². The minimum absolute atomic E-state index is 0.0524. The van der Waals surface area contributed by atoms with Gasteiger partial charge in [0.2, 0.25) is 5.91 Å². The van der Waals surface area contributed by atoms with E-state index in [4.69, 9.17) is 20.8 Å². The molecule has 0 atom stereocenters. The van der Waals surface area contributed by atoms with Gasteiger partial charge in [0.05, 0.1) is 12.0 Å². The fourth-order valence-corrected chi connectivity index (χ4v) is 4.45. The fraction of sp³-hybridized carbons (Fsp3) is 0.333. The van der Waals surface area contributed by atoms with E-state index in [9.17, 15) is 19.7 Å². The van der Waals surface area contributed by atoms with Crippen LogP contribution >= 0.6 is 11.6 Å². The van der Waals surface area contributed by atoms with Crippen LogP contribution in [-0.4, -0.2) is 49.0 Å². The van der Waals surface area contributed by atoms with Crippen LogP contribution in [0, 0.1) is 17.0 Å². The zero-order chi connectivity index (χ0) is 24.4. The number of rotatable bonds is 6. The van der Waals surface area contributed by atoms with Crippen molar-refractivity contribution in [1.82, 2.24) is 4.90 Å². The predicted molar refractivity (Wildman–Crippen MR) is 129 cm³/mol. The highest BCUT2D eigenvalue weighted by atomic mass is 35.5. The first-order valence-electron chi connectivity index (χ1n) is 10.9. The Labute approximate surface area is 200 Å². The first-order chi connectivity index (χ1) is 16.3. The summed E-state index contributed by atoms with van der Waals surface area (Å²) >= 11 is 5.91. The molecule has 1 amide bonds. The second-order valence-electron chi connectivity index (χ2n) is 8.11. The average Bonchev–Trinajstić information content (AvgIpc) is 2.83. The number of ether oxygens (including phenoxy) is 1. The number of amides is 1. The van der Waals surface area contributed by atoms with Gasteiger partial charge in [-0.15, -0.1) is 0 Å². The van der Waals surface area contributed by atoms with Gasteiger partial charge in [-0.25, -0.2) is 4.79 Å². The average molecular weight is 486 g/mol. The molecule has 2 aromatic carbocycles. The van der Waals surface area contributed by atoms with Crippen LogP contribution in [0.2, 0.25) is 5.02 Å². The number of anilines is 1. The van der Waals surface area contributed by atoms with Crippen LogP contribution in [0.3, 0.4) is 0 Å². The number of benzene rings is 2. The van der Waals surface area contributed by atoms with Crippen LogP contribution in [0.1, 0.15) is 17.5 Å². The summed E-state index contributed by atoms with van der Waals surface area (Å²) in [5.74, 6) is 0.528. The van der Waals surface area contributed by atoms with Crippen LogP contribution in [0.25, 0.3) is 11.0 Å². The quantitative estimate of drug-likeness (QED) is 0.295. The molecule has 34 heavy (non-hydrogen) atoms. The minimum Gasteiger partial charge on any atom is -0.497 e. The number of nitrogens with zero attached hydrogens (tertiary/aromatic N) is 3. The van der Waals surface area contributed by atoms with Crippen molar-refractivity contribution < 1.29 is 18.9 Å². The van der Waals surface area contributed by atoms with Gasteiger partial charge in [-0.1, -0.05) is 11.6 Å². The Kier molecular flexibility index (Phi) is 6.74. The van der Waals surface area contributed by atoms with Crippen LogP contribution < -0.4 is 15.3 Å². The van der Waals surface area contributed by atoms with E-state index < -0.39 is 10.5 Å². The molecule has 0 bridgehead atoms. The second-order valence-corrected chi connectivity index (χ2v) is 8.55. The number of carbonyl (C=O) groups is 1. The summed E-state index contributed by atoms with van der Waals surface area (Å²) in [7, 11) is 1.54. The molecule has 1 aromatic heterocycles. The molecular formula is C24H24ClN3O6. The number of fused-ring (bicyclic) bond motifs is 1. The van der Waals surface area contributed by atoms with E-state index >= 15 is 0 Å². The summed E-state index contributed by atoms with van der Waals surface area (Å²) < 4.78 is 10.6. The van der Waals surface area contributed by atoms with Crippen molar-refractivity contribution in [2.75, 3.05) is 38.2 Å². The van der Waals surface area contributed by atoms with Gasteiger partial charge in [0.1, 0.15) is 17.0 Å². The van der Waals surface area contributed by atoms with Crippen LogP contribution in [-0.2, 0) is 11.2 Å². The van der Waals surface area contributed by atoms with Crippen molar-refractivity contribution in [2.45, 2.75) is 19.8 Å². The molecule has 2 heterocycles. The van der Waals surface area contributed by atoms with Gasteiger partial charge in [0, 0.05) is 60.7 Å². The standard InChI is InChI=1S/C24H24ClN3O6/c1-15-18-5-4-17(33-2)14-22(18)34-24(30)19(15)6-8-23(29)27-11-9-26(10-12-27)20-7-3-16(25)13-21(20)28(31)32/h3-5,7,13-14H,6,8-12H2,1-2H3. The highest BCUT2D eigenvalue weighted by molar-refractivity contribution is 6.30.